The Morgan fingerprint density at radius 3 is 2.95 bits per heavy atom. The first kappa shape index (κ1) is 14.9. The van der Waals surface area contributed by atoms with Crippen molar-refractivity contribution in [1.82, 2.24) is 14.8 Å². The molecule has 0 spiro atoms. The van der Waals surface area contributed by atoms with Gasteiger partial charge in [-0.1, -0.05) is 6.07 Å². The van der Waals surface area contributed by atoms with Gasteiger partial charge < -0.3 is 9.64 Å². The highest BCUT2D eigenvalue weighted by molar-refractivity contribution is 5.73. The van der Waals surface area contributed by atoms with Gasteiger partial charge >= 0.3 is 0 Å². The minimum absolute atomic E-state index is 0.148. The lowest BCUT2D eigenvalue weighted by Crippen LogP contribution is -2.35. The Hall–Kier alpha value is -1.46. The zero-order valence-corrected chi connectivity index (χ0v) is 12.3. The maximum atomic E-state index is 11.6. The van der Waals surface area contributed by atoms with Gasteiger partial charge in [-0.15, -0.1) is 0 Å². The van der Waals surface area contributed by atoms with E-state index in [4.69, 9.17) is 4.74 Å². The van der Waals surface area contributed by atoms with E-state index in [2.05, 4.69) is 16.0 Å². The maximum Gasteiger partial charge on any atom is 0.219 e. The Bertz CT molecular complexity index is 424. The molecule has 1 atom stereocenters. The fourth-order valence-electron chi connectivity index (χ4n) is 2.70. The number of carbonyl (C=O) groups is 1. The van der Waals surface area contributed by atoms with E-state index in [0.717, 1.165) is 32.7 Å². The fraction of sp³-hybridized carbons (Fsp3) is 0.600. The molecule has 0 saturated carbocycles. The van der Waals surface area contributed by atoms with Crippen molar-refractivity contribution < 1.29 is 9.53 Å². The number of hydrogen-bond donors (Lipinski definition) is 0. The van der Waals surface area contributed by atoms with Crippen LogP contribution in [0.15, 0.2) is 24.5 Å². The zero-order chi connectivity index (χ0) is 14.4. The Morgan fingerprint density at radius 1 is 1.45 bits per heavy atom. The van der Waals surface area contributed by atoms with Gasteiger partial charge in [-0.05, 0) is 11.6 Å². The molecule has 2 heterocycles. The Balaban J connectivity index is 2.00. The maximum absolute atomic E-state index is 11.6. The zero-order valence-electron chi connectivity index (χ0n) is 12.3. The SMILES string of the molecule is COCC1CN(Cc2cccnc2)CCN(C(C)=O)C1. The van der Waals surface area contributed by atoms with Gasteiger partial charge in [0.2, 0.25) is 5.91 Å². The second-order valence-electron chi connectivity index (χ2n) is 5.38. The van der Waals surface area contributed by atoms with Crippen LogP contribution in [-0.4, -0.2) is 60.6 Å². The van der Waals surface area contributed by atoms with E-state index in [1.54, 1.807) is 20.2 Å². The number of methoxy groups -OCH3 is 1. The van der Waals surface area contributed by atoms with Crippen LogP contribution in [-0.2, 0) is 16.1 Å². The van der Waals surface area contributed by atoms with Crippen LogP contribution in [0.4, 0.5) is 0 Å². The number of amides is 1. The lowest BCUT2D eigenvalue weighted by molar-refractivity contribution is -0.129. The summed E-state index contributed by atoms with van der Waals surface area (Å²) in [7, 11) is 1.72. The van der Waals surface area contributed by atoms with Crippen LogP contribution in [0.2, 0.25) is 0 Å². The summed E-state index contributed by atoms with van der Waals surface area (Å²) in [6.07, 6.45) is 3.69. The second-order valence-corrected chi connectivity index (χ2v) is 5.38. The highest BCUT2D eigenvalue weighted by Gasteiger charge is 2.24. The molecule has 0 radical (unpaired) electrons. The minimum Gasteiger partial charge on any atom is -0.384 e. The Kier molecular flexibility index (Phi) is 5.49. The minimum atomic E-state index is 0.148. The van der Waals surface area contributed by atoms with Crippen molar-refractivity contribution >= 4 is 5.91 Å². The van der Waals surface area contributed by atoms with E-state index < -0.39 is 0 Å². The monoisotopic (exact) mass is 277 g/mol. The number of ether oxygens (including phenoxy) is 1. The molecule has 1 saturated heterocycles. The number of hydrogen-bond acceptors (Lipinski definition) is 4. The molecule has 1 fully saturated rings. The van der Waals surface area contributed by atoms with E-state index in [-0.39, 0.29) is 5.91 Å². The molecular weight excluding hydrogens is 254 g/mol. The standard InChI is InChI=1S/C15H23N3O2/c1-13(19)18-7-6-17(10-15(11-18)12-20-2)9-14-4-3-5-16-8-14/h3-5,8,15H,6-7,9-12H2,1-2H3. The van der Waals surface area contributed by atoms with E-state index >= 15 is 0 Å². The third kappa shape index (κ3) is 4.28. The summed E-state index contributed by atoms with van der Waals surface area (Å²) in [5.74, 6) is 0.511. The van der Waals surface area contributed by atoms with Crippen molar-refractivity contribution in [3.8, 4) is 0 Å². The smallest absolute Gasteiger partial charge is 0.219 e. The normalized spacial score (nSPS) is 20.7. The number of aromatic nitrogens is 1. The van der Waals surface area contributed by atoms with Crippen molar-refractivity contribution in [2.75, 3.05) is 39.9 Å². The van der Waals surface area contributed by atoms with E-state index in [1.165, 1.54) is 5.56 Å². The Morgan fingerprint density at radius 2 is 2.30 bits per heavy atom. The molecule has 110 valence electrons. The fourth-order valence-corrected chi connectivity index (χ4v) is 2.70. The first-order chi connectivity index (χ1) is 9.69. The van der Waals surface area contributed by atoms with E-state index in [1.807, 2.05) is 17.2 Å². The second kappa shape index (κ2) is 7.36. The summed E-state index contributed by atoms with van der Waals surface area (Å²) in [5.41, 5.74) is 1.21. The summed E-state index contributed by atoms with van der Waals surface area (Å²) >= 11 is 0. The van der Waals surface area contributed by atoms with Gasteiger partial charge in [0.05, 0.1) is 6.61 Å². The lowest BCUT2D eigenvalue weighted by atomic mass is 10.1. The third-order valence-corrected chi connectivity index (χ3v) is 3.66. The molecule has 1 amide bonds. The van der Waals surface area contributed by atoms with Crippen LogP contribution in [0.25, 0.3) is 0 Å². The topological polar surface area (TPSA) is 45.7 Å². The molecule has 1 aromatic heterocycles. The van der Waals surface area contributed by atoms with Gasteiger partial charge in [0.1, 0.15) is 0 Å². The third-order valence-electron chi connectivity index (χ3n) is 3.66. The summed E-state index contributed by atoms with van der Waals surface area (Å²) in [4.78, 5) is 20.1. The highest BCUT2D eigenvalue weighted by Crippen LogP contribution is 2.13. The van der Waals surface area contributed by atoms with E-state index in [9.17, 15) is 4.79 Å². The van der Waals surface area contributed by atoms with Gasteiger partial charge in [0, 0.05) is 65.1 Å². The molecule has 20 heavy (non-hydrogen) atoms. The predicted octanol–water partition coefficient (Wildman–Crippen LogP) is 1.01. The van der Waals surface area contributed by atoms with Gasteiger partial charge in [-0.3, -0.25) is 14.7 Å². The number of carbonyl (C=O) groups excluding carboxylic acids is 1. The molecular formula is C15H23N3O2. The number of nitrogens with zero attached hydrogens (tertiary/aromatic N) is 3. The van der Waals surface area contributed by atoms with Crippen LogP contribution < -0.4 is 0 Å². The largest absolute Gasteiger partial charge is 0.384 e. The summed E-state index contributed by atoms with van der Waals surface area (Å²) in [5, 5.41) is 0. The molecule has 1 unspecified atom stereocenters. The Labute approximate surface area is 120 Å². The lowest BCUT2D eigenvalue weighted by Gasteiger charge is -2.23. The van der Waals surface area contributed by atoms with Crippen molar-refractivity contribution in [3.63, 3.8) is 0 Å². The first-order valence-electron chi connectivity index (χ1n) is 7.04. The van der Waals surface area contributed by atoms with Crippen molar-refractivity contribution in [1.29, 1.82) is 0 Å². The van der Waals surface area contributed by atoms with Crippen molar-refractivity contribution in [2.24, 2.45) is 5.92 Å². The molecule has 0 bridgehead atoms. The van der Waals surface area contributed by atoms with E-state index in [0.29, 0.717) is 12.5 Å². The van der Waals surface area contributed by atoms with Gasteiger partial charge in [-0.25, -0.2) is 0 Å². The van der Waals surface area contributed by atoms with Crippen LogP contribution in [0.3, 0.4) is 0 Å². The average molecular weight is 277 g/mol. The molecule has 5 nitrogen and oxygen atoms in total. The number of rotatable bonds is 4. The molecule has 0 aromatic carbocycles. The highest BCUT2D eigenvalue weighted by atomic mass is 16.5. The van der Waals surface area contributed by atoms with Crippen LogP contribution in [0.5, 0.6) is 0 Å². The molecule has 0 aliphatic carbocycles. The van der Waals surface area contributed by atoms with Crippen molar-refractivity contribution in [3.05, 3.63) is 30.1 Å². The summed E-state index contributed by atoms with van der Waals surface area (Å²) < 4.78 is 5.29. The number of pyridine rings is 1. The molecule has 0 N–H and O–H groups in total. The van der Waals surface area contributed by atoms with Gasteiger partial charge in [-0.2, -0.15) is 0 Å². The van der Waals surface area contributed by atoms with Crippen molar-refractivity contribution in [2.45, 2.75) is 13.5 Å². The molecule has 1 aromatic rings. The summed E-state index contributed by atoms with van der Waals surface area (Å²) in [6, 6.07) is 4.05. The molecule has 1 aliphatic heterocycles. The summed E-state index contributed by atoms with van der Waals surface area (Å²) in [6.45, 7) is 6.62. The van der Waals surface area contributed by atoms with Crippen LogP contribution >= 0.6 is 0 Å². The van der Waals surface area contributed by atoms with Crippen LogP contribution in [0, 0.1) is 5.92 Å². The molecule has 2 rings (SSSR count). The van der Waals surface area contributed by atoms with Gasteiger partial charge in [0.15, 0.2) is 0 Å². The molecule has 5 heteroatoms. The van der Waals surface area contributed by atoms with Crippen LogP contribution in [0.1, 0.15) is 12.5 Å². The molecule has 1 aliphatic rings. The van der Waals surface area contributed by atoms with Gasteiger partial charge in [0.25, 0.3) is 0 Å². The quantitative estimate of drug-likeness (QED) is 0.824. The first-order valence-corrected chi connectivity index (χ1v) is 7.04. The predicted molar refractivity (Wildman–Crippen MR) is 77.1 cm³/mol. The average Bonchev–Trinajstić information content (AvgIpc) is 2.63.